The molecule has 0 aliphatic heterocycles. The van der Waals surface area contributed by atoms with Gasteiger partial charge < -0.3 is 17.0 Å². The zero-order valence-electron chi connectivity index (χ0n) is 3.52. The smallest absolute Gasteiger partial charge is 0.0513 e. The van der Waals surface area contributed by atoms with Crippen molar-refractivity contribution in [2.24, 2.45) is 0 Å². The Morgan fingerprint density at radius 3 is 2.00 bits per heavy atom. The first-order chi connectivity index (χ1) is 2.41. The summed E-state index contributed by atoms with van der Waals surface area (Å²) in [6.45, 7) is 3.47. The molecule has 0 amide bonds. The first-order valence-electron chi connectivity index (χ1n) is 1.48. The van der Waals surface area contributed by atoms with Gasteiger partial charge >= 0.3 is 0 Å². The number of allylic oxidation sites excluding steroid dienone is 2. The third kappa shape index (κ3) is 8.83. The lowest BCUT2D eigenvalue weighted by Gasteiger charge is -1.51. The van der Waals surface area contributed by atoms with Gasteiger partial charge in [0, 0.05) is 0 Å². The lowest BCUT2D eigenvalue weighted by atomic mass is 10.6. The van der Waals surface area contributed by atoms with E-state index in [1.54, 1.807) is 15.3 Å². The van der Waals surface area contributed by atoms with Gasteiger partial charge in [-0.3, -0.25) is 0 Å². The molecule has 0 fully saturated rings. The fourth-order valence-electron chi connectivity index (χ4n) is 0.0962. The average molecular weight is 167 g/mol. The molecule has 0 spiro atoms. The van der Waals surface area contributed by atoms with E-state index in [0.29, 0.717) is 0 Å². The van der Waals surface area contributed by atoms with Crippen LogP contribution in [-0.2, 0) is 0 Å². The summed E-state index contributed by atoms with van der Waals surface area (Å²) in [4.78, 5) is 0. The van der Waals surface area contributed by atoms with Crippen LogP contribution in [0, 0.1) is 0 Å². The fraction of sp³-hybridized carbons (Fsp3) is 0. The van der Waals surface area contributed by atoms with E-state index >= 15 is 0 Å². The van der Waals surface area contributed by atoms with Crippen LogP contribution in [0.4, 0.5) is 0 Å². The van der Waals surface area contributed by atoms with Crippen LogP contribution in [0.25, 0.3) is 0 Å². The van der Waals surface area contributed by atoms with E-state index in [1.165, 1.54) is 0 Å². The highest BCUT2D eigenvalue weighted by molar-refractivity contribution is 7.20. The molecule has 1 unspecified atom stereocenters. The van der Waals surface area contributed by atoms with Crippen LogP contribution in [-0.4, -0.2) is 0 Å². The molecule has 36 valence electrons. The van der Waals surface area contributed by atoms with Crippen LogP contribution < -0.4 is 17.0 Å². The molecular formula is C4H8BrP. The lowest BCUT2D eigenvalue weighted by molar-refractivity contribution is -0.000000946. The summed E-state index contributed by atoms with van der Waals surface area (Å²) in [5.74, 6) is 1.97. The largest absolute Gasteiger partial charge is 1.00 e. The molecule has 0 aromatic heterocycles. The Labute approximate surface area is 51.3 Å². The summed E-state index contributed by atoms with van der Waals surface area (Å²) in [7, 11) is 1.80. The molecular weight excluding hydrogens is 159 g/mol. The molecule has 0 aliphatic carbocycles. The molecule has 0 radical (unpaired) electrons. The third-order valence-corrected chi connectivity index (χ3v) is 0.544. The highest BCUT2D eigenvalue weighted by Crippen LogP contribution is 1.79. The first kappa shape index (κ1) is 9.63. The maximum Gasteiger partial charge on any atom is 0.0513 e. The molecule has 0 heterocycles. The zero-order valence-corrected chi connectivity index (χ0v) is 6.52. The molecule has 0 aliphatic rings. The summed E-state index contributed by atoms with van der Waals surface area (Å²) in [5.41, 5.74) is 0. The van der Waals surface area contributed by atoms with E-state index in [2.05, 4.69) is 6.58 Å². The third-order valence-electron chi connectivity index (χ3n) is 0.272. The molecule has 0 aromatic rings. The minimum Gasteiger partial charge on any atom is -1.00 e. The summed E-state index contributed by atoms with van der Waals surface area (Å²) in [5, 5.41) is 0. The van der Waals surface area contributed by atoms with Gasteiger partial charge in [0.1, 0.15) is 0 Å². The van der Waals surface area contributed by atoms with Crippen LogP contribution in [0.5, 0.6) is 0 Å². The minimum atomic E-state index is 0. The second kappa shape index (κ2) is 9.04. The second-order valence-corrected chi connectivity index (χ2v) is 1.14. The highest BCUT2D eigenvalue weighted by atomic mass is 79.9. The van der Waals surface area contributed by atoms with Crippen LogP contribution in [0.15, 0.2) is 24.5 Å². The van der Waals surface area contributed by atoms with Gasteiger partial charge in [-0.25, -0.2) is 0 Å². The van der Waals surface area contributed by atoms with E-state index in [4.69, 9.17) is 0 Å². The second-order valence-electron chi connectivity index (χ2n) is 0.664. The van der Waals surface area contributed by atoms with Crippen molar-refractivity contribution >= 4 is 9.24 Å². The molecule has 0 aromatic carbocycles. The number of rotatable bonds is 1. The Hall–Kier alpha value is 0.390. The van der Waals surface area contributed by atoms with Crippen LogP contribution >= 0.6 is 9.24 Å². The number of hydrogen-bond acceptors (Lipinski definition) is 0. The predicted molar refractivity (Wildman–Crippen MR) is 30.4 cm³/mol. The molecule has 6 heavy (non-hydrogen) atoms. The van der Waals surface area contributed by atoms with Crippen molar-refractivity contribution in [1.29, 1.82) is 0 Å². The Bertz CT molecular complexity index is 49.5. The highest BCUT2D eigenvalue weighted by Gasteiger charge is 1.47. The van der Waals surface area contributed by atoms with Crippen molar-refractivity contribution in [3.05, 3.63) is 24.5 Å². The van der Waals surface area contributed by atoms with Crippen molar-refractivity contribution in [3.8, 4) is 0 Å². The van der Waals surface area contributed by atoms with E-state index in [-0.39, 0.29) is 17.0 Å². The van der Waals surface area contributed by atoms with Crippen molar-refractivity contribution in [2.45, 2.75) is 0 Å². The number of hydrogen-bond donors (Lipinski definition) is 0. The van der Waals surface area contributed by atoms with Crippen LogP contribution in [0.1, 0.15) is 0 Å². The molecule has 0 saturated carbocycles. The normalized spacial score (nSPS) is 8.00. The lowest BCUT2D eigenvalue weighted by Crippen LogP contribution is -3.00. The maximum absolute atomic E-state index is 3.47. The molecule has 2 heteroatoms. The molecule has 0 rings (SSSR count). The SMILES string of the molecule is C=CC=C[PH3+].[Br-]. The Kier molecular flexibility index (Phi) is 14.5. The van der Waals surface area contributed by atoms with Gasteiger partial charge in [-0.05, 0) is 15.3 Å². The van der Waals surface area contributed by atoms with Crippen LogP contribution in [0.2, 0.25) is 0 Å². The van der Waals surface area contributed by atoms with Crippen molar-refractivity contribution in [3.63, 3.8) is 0 Å². The number of halogens is 1. The molecule has 0 N–H and O–H groups in total. The standard InChI is InChI=1S/C4H7P.BrH/c1-2-3-4-5;/h2-4H,1,5H2;1H. The van der Waals surface area contributed by atoms with E-state index < -0.39 is 0 Å². The molecule has 1 atom stereocenters. The summed E-state index contributed by atoms with van der Waals surface area (Å²) in [6, 6.07) is 0. The summed E-state index contributed by atoms with van der Waals surface area (Å²) >= 11 is 0. The minimum absolute atomic E-state index is 0. The van der Waals surface area contributed by atoms with Gasteiger partial charge in [-0.1, -0.05) is 12.7 Å². The maximum atomic E-state index is 3.47. The summed E-state index contributed by atoms with van der Waals surface area (Å²) in [6.07, 6.45) is 3.66. The topological polar surface area (TPSA) is 0 Å². The van der Waals surface area contributed by atoms with Gasteiger partial charge in [-0.2, -0.15) is 0 Å². The Morgan fingerprint density at radius 1 is 1.50 bits per heavy atom. The van der Waals surface area contributed by atoms with Crippen molar-refractivity contribution in [1.82, 2.24) is 0 Å². The van der Waals surface area contributed by atoms with E-state index in [9.17, 15) is 0 Å². The Balaban J connectivity index is 0. The van der Waals surface area contributed by atoms with Crippen LogP contribution in [0.3, 0.4) is 0 Å². The molecule has 0 nitrogen and oxygen atoms in total. The van der Waals surface area contributed by atoms with Gasteiger partial charge in [0.15, 0.2) is 0 Å². The summed E-state index contributed by atoms with van der Waals surface area (Å²) < 4.78 is 0. The van der Waals surface area contributed by atoms with E-state index in [0.717, 1.165) is 0 Å². The van der Waals surface area contributed by atoms with Gasteiger partial charge in [-0.15, -0.1) is 0 Å². The predicted octanol–water partition coefficient (Wildman–Crippen LogP) is -1.70. The Morgan fingerprint density at radius 2 is 2.00 bits per heavy atom. The fourth-order valence-corrected chi connectivity index (χ4v) is 0.289. The van der Waals surface area contributed by atoms with Crippen molar-refractivity contribution in [2.75, 3.05) is 0 Å². The molecule has 0 saturated heterocycles. The van der Waals surface area contributed by atoms with Gasteiger partial charge in [0.2, 0.25) is 0 Å². The first-order valence-corrected chi connectivity index (χ1v) is 2.30. The van der Waals surface area contributed by atoms with Gasteiger partial charge in [0.05, 0.1) is 5.82 Å². The zero-order chi connectivity index (χ0) is 4.12. The quantitative estimate of drug-likeness (QED) is 0.322. The molecule has 0 bridgehead atoms. The van der Waals surface area contributed by atoms with Gasteiger partial charge in [0.25, 0.3) is 0 Å². The average Bonchev–Trinajstić information content (AvgIpc) is 1.41. The monoisotopic (exact) mass is 166 g/mol. The van der Waals surface area contributed by atoms with Crippen molar-refractivity contribution < 1.29 is 17.0 Å². The van der Waals surface area contributed by atoms with E-state index in [1.807, 2.05) is 11.9 Å².